The van der Waals surface area contributed by atoms with Crippen molar-refractivity contribution < 1.29 is 9.53 Å². The zero-order valence-electron chi connectivity index (χ0n) is 10.7. The second kappa shape index (κ2) is 5.87. The van der Waals surface area contributed by atoms with Crippen LogP contribution in [0.4, 0.5) is 0 Å². The van der Waals surface area contributed by atoms with E-state index in [-0.39, 0.29) is 18.4 Å². The smallest absolute Gasteiger partial charge is 0.337 e. The van der Waals surface area contributed by atoms with Crippen molar-refractivity contribution in [3.8, 4) is 0 Å². The van der Waals surface area contributed by atoms with Crippen molar-refractivity contribution in [1.82, 2.24) is 9.97 Å². The Kier molecular flexibility index (Phi) is 4.73. The molecule has 5 heteroatoms. The van der Waals surface area contributed by atoms with Gasteiger partial charge in [-0.3, -0.25) is 0 Å². The van der Waals surface area contributed by atoms with Crippen molar-refractivity contribution in [3.63, 3.8) is 0 Å². The van der Waals surface area contributed by atoms with Gasteiger partial charge >= 0.3 is 5.97 Å². The predicted molar refractivity (Wildman–Crippen MR) is 73.4 cm³/mol. The van der Waals surface area contributed by atoms with Gasteiger partial charge in [0.25, 0.3) is 0 Å². The Hall–Kier alpha value is -1.55. The highest BCUT2D eigenvalue weighted by Gasteiger charge is 2.11. The summed E-state index contributed by atoms with van der Waals surface area (Å²) in [7, 11) is 1.39. The number of fused-ring (bicyclic) bond motifs is 1. The monoisotopic (exact) mass is 268 g/mol. The summed E-state index contributed by atoms with van der Waals surface area (Å²) in [5, 5.41) is 0. The van der Waals surface area contributed by atoms with Crippen LogP contribution >= 0.6 is 12.4 Å². The topological polar surface area (TPSA) is 55.0 Å². The molecule has 1 N–H and O–H groups in total. The summed E-state index contributed by atoms with van der Waals surface area (Å²) in [6.45, 7) is 4.06. The van der Waals surface area contributed by atoms with Gasteiger partial charge in [0.15, 0.2) is 0 Å². The number of esters is 1. The van der Waals surface area contributed by atoms with Crippen LogP contribution in [0.15, 0.2) is 12.1 Å². The average molecular weight is 269 g/mol. The van der Waals surface area contributed by atoms with Crippen molar-refractivity contribution >= 4 is 29.4 Å². The molecule has 0 aliphatic heterocycles. The Labute approximate surface area is 112 Å². The van der Waals surface area contributed by atoms with Crippen LogP contribution in [0.2, 0.25) is 0 Å². The third kappa shape index (κ3) is 2.64. The Morgan fingerprint density at radius 3 is 2.78 bits per heavy atom. The molecule has 0 amide bonds. The summed E-state index contributed by atoms with van der Waals surface area (Å²) in [4.78, 5) is 19.2. The Balaban J connectivity index is 0.00000162. The normalized spacial score (nSPS) is 10.2. The minimum Gasteiger partial charge on any atom is -0.465 e. The standard InChI is InChI=1S/C13H16N2O2.ClH/c1-4-5-11-14-10-7-9(13(16)17-3)6-8(2)12(10)15-11;/h6-7H,4-5H2,1-3H3,(H,14,15);1H. The zero-order chi connectivity index (χ0) is 12.4. The minimum atomic E-state index is -0.318. The fraction of sp³-hybridized carbons (Fsp3) is 0.385. The summed E-state index contributed by atoms with van der Waals surface area (Å²) in [6, 6.07) is 3.60. The number of aryl methyl sites for hydroxylation is 2. The first kappa shape index (κ1) is 14.5. The molecule has 0 aliphatic carbocycles. The Bertz CT molecular complexity index is 563. The van der Waals surface area contributed by atoms with E-state index in [4.69, 9.17) is 4.74 Å². The molecule has 0 bridgehead atoms. The van der Waals surface area contributed by atoms with Crippen molar-refractivity contribution in [2.24, 2.45) is 0 Å². The van der Waals surface area contributed by atoms with E-state index in [0.29, 0.717) is 5.56 Å². The van der Waals surface area contributed by atoms with E-state index >= 15 is 0 Å². The van der Waals surface area contributed by atoms with Gasteiger partial charge in [-0.15, -0.1) is 12.4 Å². The van der Waals surface area contributed by atoms with Crippen LogP contribution < -0.4 is 0 Å². The maximum atomic E-state index is 11.5. The second-order valence-electron chi connectivity index (χ2n) is 4.11. The van der Waals surface area contributed by atoms with Crippen LogP contribution in [0.3, 0.4) is 0 Å². The number of carbonyl (C=O) groups excluding carboxylic acids is 1. The van der Waals surface area contributed by atoms with Crippen molar-refractivity contribution in [3.05, 3.63) is 29.1 Å². The Morgan fingerprint density at radius 1 is 1.44 bits per heavy atom. The van der Waals surface area contributed by atoms with Crippen LogP contribution in [-0.4, -0.2) is 23.0 Å². The molecule has 0 aliphatic rings. The summed E-state index contributed by atoms with van der Waals surface area (Å²) in [5.41, 5.74) is 3.38. The van der Waals surface area contributed by atoms with Crippen molar-refractivity contribution in [1.29, 1.82) is 0 Å². The number of H-pyrrole nitrogens is 1. The number of aromatic nitrogens is 2. The lowest BCUT2D eigenvalue weighted by Gasteiger charge is -2.01. The highest BCUT2D eigenvalue weighted by atomic mass is 35.5. The fourth-order valence-corrected chi connectivity index (χ4v) is 1.93. The average Bonchev–Trinajstić information content (AvgIpc) is 2.71. The fourth-order valence-electron chi connectivity index (χ4n) is 1.93. The molecule has 2 aromatic rings. The van der Waals surface area contributed by atoms with E-state index in [1.807, 2.05) is 13.0 Å². The molecule has 0 radical (unpaired) electrons. The number of rotatable bonds is 3. The number of nitrogens with one attached hydrogen (secondary N) is 1. The van der Waals surface area contributed by atoms with E-state index in [9.17, 15) is 4.79 Å². The molecule has 4 nitrogen and oxygen atoms in total. The number of carbonyl (C=O) groups is 1. The van der Waals surface area contributed by atoms with E-state index in [0.717, 1.165) is 35.3 Å². The molecule has 0 fully saturated rings. The van der Waals surface area contributed by atoms with Gasteiger partial charge in [0.1, 0.15) is 5.82 Å². The molecule has 1 aromatic heterocycles. The van der Waals surface area contributed by atoms with E-state index in [2.05, 4.69) is 16.9 Å². The number of halogens is 1. The summed E-state index contributed by atoms with van der Waals surface area (Å²) in [6.07, 6.45) is 1.96. The molecule has 0 spiro atoms. The van der Waals surface area contributed by atoms with E-state index in [1.54, 1.807) is 6.07 Å². The quantitative estimate of drug-likeness (QED) is 0.871. The summed E-state index contributed by atoms with van der Waals surface area (Å²) < 4.78 is 4.72. The first-order valence-corrected chi connectivity index (χ1v) is 5.73. The van der Waals surface area contributed by atoms with Gasteiger partial charge in [-0.2, -0.15) is 0 Å². The second-order valence-corrected chi connectivity index (χ2v) is 4.11. The van der Waals surface area contributed by atoms with Gasteiger partial charge in [0, 0.05) is 6.42 Å². The molecule has 0 saturated carbocycles. The minimum absolute atomic E-state index is 0. The maximum Gasteiger partial charge on any atom is 0.337 e. The van der Waals surface area contributed by atoms with Crippen molar-refractivity contribution in [2.75, 3.05) is 7.11 Å². The number of imidazole rings is 1. The number of ether oxygens (including phenoxy) is 1. The predicted octanol–water partition coefficient (Wildman–Crippen LogP) is 3.03. The van der Waals surface area contributed by atoms with Gasteiger partial charge < -0.3 is 9.72 Å². The molecule has 0 unspecified atom stereocenters. The Morgan fingerprint density at radius 2 is 2.17 bits per heavy atom. The third-order valence-corrected chi connectivity index (χ3v) is 2.73. The molecule has 1 aromatic carbocycles. The molecular weight excluding hydrogens is 252 g/mol. The van der Waals surface area contributed by atoms with E-state index < -0.39 is 0 Å². The zero-order valence-corrected chi connectivity index (χ0v) is 11.6. The van der Waals surface area contributed by atoms with Gasteiger partial charge in [0.2, 0.25) is 0 Å². The molecule has 2 rings (SSSR count). The number of aromatic amines is 1. The molecule has 0 atom stereocenters. The van der Waals surface area contributed by atoms with E-state index in [1.165, 1.54) is 7.11 Å². The van der Waals surface area contributed by atoms with Crippen LogP contribution in [0.1, 0.15) is 35.1 Å². The highest BCUT2D eigenvalue weighted by Crippen LogP contribution is 2.19. The lowest BCUT2D eigenvalue weighted by Crippen LogP contribution is -2.01. The first-order chi connectivity index (χ1) is 8.15. The molecule has 0 saturated heterocycles. The van der Waals surface area contributed by atoms with Crippen LogP contribution in [0.5, 0.6) is 0 Å². The number of nitrogens with zero attached hydrogens (tertiary/aromatic N) is 1. The first-order valence-electron chi connectivity index (χ1n) is 5.73. The van der Waals surface area contributed by atoms with Crippen LogP contribution in [0.25, 0.3) is 11.0 Å². The van der Waals surface area contributed by atoms with Gasteiger partial charge in [-0.25, -0.2) is 9.78 Å². The summed E-state index contributed by atoms with van der Waals surface area (Å²) >= 11 is 0. The van der Waals surface area contributed by atoms with Gasteiger partial charge in [0.05, 0.1) is 23.7 Å². The van der Waals surface area contributed by atoms with Crippen LogP contribution in [0, 0.1) is 6.92 Å². The van der Waals surface area contributed by atoms with Gasteiger partial charge in [-0.05, 0) is 31.0 Å². The number of benzene rings is 1. The molecule has 98 valence electrons. The third-order valence-electron chi connectivity index (χ3n) is 2.73. The maximum absolute atomic E-state index is 11.5. The molecule has 18 heavy (non-hydrogen) atoms. The largest absolute Gasteiger partial charge is 0.465 e. The lowest BCUT2D eigenvalue weighted by atomic mass is 10.1. The van der Waals surface area contributed by atoms with Crippen molar-refractivity contribution in [2.45, 2.75) is 26.7 Å². The summed E-state index contributed by atoms with van der Waals surface area (Å²) in [5.74, 6) is 0.647. The van der Waals surface area contributed by atoms with Crippen LogP contribution in [-0.2, 0) is 11.2 Å². The number of methoxy groups -OCH3 is 1. The highest BCUT2D eigenvalue weighted by molar-refractivity contribution is 5.94. The number of hydrogen-bond acceptors (Lipinski definition) is 3. The molecular formula is C13H17ClN2O2. The number of hydrogen-bond donors (Lipinski definition) is 1. The SMILES string of the molecule is CCCc1nc2c(C)cc(C(=O)OC)cc2[nH]1.Cl. The lowest BCUT2D eigenvalue weighted by molar-refractivity contribution is 0.0601. The van der Waals surface area contributed by atoms with Gasteiger partial charge in [-0.1, -0.05) is 6.92 Å². The molecule has 1 heterocycles.